The van der Waals surface area contributed by atoms with Crippen LogP contribution in [0.3, 0.4) is 0 Å². The van der Waals surface area contributed by atoms with E-state index in [0.717, 1.165) is 38.7 Å². The number of anilines is 1. The second kappa shape index (κ2) is 5.54. The molecule has 2 aromatic carbocycles. The number of benzene rings is 2. The van der Waals surface area contributed by atoms with E-state index in [9.17, 15) is 0 Å². The van der Waals surface area contributed by atoms with Crippen molar-refractivity contribution in [2.45, 2.75) is 27.4 Å². The molecule has 0 aliphatic rings. The van der Waals surface area contributed by atoms with E-state index >= 15 is 0 Å². The van der Waals surface area contributed by atoms with Crippen LogP contribution >= 0.6 is 11.6 Å². The normalized spacial score (nSPS) is 10.5. The molecular formula is C16H18ClNO. The lowest BCUT2D eigenvalue weighted by molar-refractivity contribution is 0.302. The lowest BCUT2D eigenvalue weighted by atomic mass is 10.1. The molecule has 0 amide bonds. The Hall–Kier alpha value is -1.67. The Labute approximate surface area is 119 Å². The highest BCUT2D eigenvalue weighted by molar-refractivity contribution is 6.31. The largest absolute Gasteiger partial charge is 0.488 e. The van der Waals surface area contributed by atoms with Crippen molar-refractivity contribution >= 4 is 17.3 Å². The van der Waals surface area contributed by atoms with Crippen molar-refractivity contribution in [2.24, 2.45) is 0 Å². The summed E-state index contributed by atoms with van der Waals surface area (Å²) in [6.07, 6.45) is 0. The van der Waals surface area contributed by atoms with E-state index in [1.165, 1.54) is 0 Å². The molecule has 0 atom stereocenters. The molecule has 2 aromatic rings. The Morgan fingerprint density at radius 1 is 1.05 bits per heavy atom. The topological polar surface area (TPSA) is 35.2 Å². The van der Waals surface area contributed by atoms with Crippen molar-refractivity contribution in [2.75, 3.05) is 5.73 Å². The summed E-state index contributed by atoms with van der Waals surface area (Å²) in [6, 6.07) is 9.81. The van der Waals surface area contributed by atoms with Gasteiger partial charge in [-0.3, -0.25) is 0 Å². The first-order valence-electron chi connectivity index (χ1n) is 6.22. The minimum atomic E-state index is 0.463. The smallest absolute Gasteiger partial charge is 0.125 e. The Morgan fingerprint density at radius 3 is 2.26 bits per heavy atom. The third-order valence-electron chi connectivity index (χ3n) is 3.06. The maximum absolute atomic E-state index is 6.20. The fourth-order valence-electron chi connectivity index (χ4n) is 2.13. The first-order valence-corrected chi connectivity index (χ1v) is 6.59. The number of hydrogen-bond acceptors (Lipinski definition) is 2. The minimum absolute atomic E-state index is 0.463. The molecule has 0 fully saturated rings. The maximum Gasteiger partial charge on any atom is 0.125 e. The average molecular weight is 276 g/mol. The first kappa shape index (κ1) is 13.8. The van der Waals surface area contributed by atoms with Gasteiger partial charge in [-0.25, -0.2) is 0 Å². The summed E-state index contributed by atoms with van der Waals surface area (Å²) >= 11 is 6.20. The Bertz CT molecular complexity index is 585. The van der Waals surface area contributed by atoms with Crippen molar-refractivity contribution in [3.8, 4) is 5.75 Å². The molecule has 0 heterocycles. The van der Waals surface area contributed by atoms with Crippen molar-refractivity contribution in [3.63, 3.8) is 0 Å². The van der Waals surface area contributed by atoms with Gasteiger partial charge in [0.1, 0.15) is 12.4 Å². The van der Waals surface area contributed by atoms with E-state index < -0.39 is 0 Å². The second-order valence-corrected chi connectivity index (χ2v) is 5.27. The monoisotopic (exact) mass is 275 g/mol. The quantitative estimate of drug-likeness (QED) is 0.841. The number of aryl methyl sites for hydroxylation is 3. The molecule has 0 aromatic heterocycles. The number of rotatable bonds is 3. The molecule has 0 aliphatic carbocycles. The lowest BCUT2D eigenvalue weighted by Crippen LogP contribution is -2.01. The van der Waals surface area contributed by atoms with Gasteiger partial charge < -0.3 is 10.5 Å². The highest BCUT2D eigenvalue weighted by atomic mass is 35.5. The molecular weight excluding hydrogens is 258 g/mol. The third kappa shape index (κ3) is 3.21. The molecule has 0 saturated carbocycles. The first-order chi connectivity index (χ1) is 8.97. The molecule has 0 unspecified atom stereocenters. The van der Waals surface area contributed by atoms with Gasteiger partial charge in [-0.1, -0.05) is 23.7 Å². The number of halogens is 1. The van der Waals surface area contributed by atoms with E-state index in [1.54, 1.807) is 0 Å². The lowest BCUT2D eigenvalue weighted by Gasteiger charge is -2.14. The summed E-state index contributed by atoms with van der Waals surface area (Å²) in [6.45, 7) is 6.47. The van der Waals surface area contributed by atoms with Crippen molar-refractivity contribution < 1.29 is 4.74 Å². The zero-order valence-electron chi connectivity index (χ0n) is 11.5. The van der Waals surface area contributed by atoms with Gasteiger partial charge in [0.05, 0.1) is 0 Å². The van der Waals surface area contributed by atoms with Gasteiger partial charge in [0, 0.05) is 16.3 Å². The summed E-state index contributed by atoms with van der Waals surface area (Å²) in [5.41, 5.74) is 10.8. The Kier molecular flexibility index (Phi) is 4.01. The van der Waals surface area contributed by atoms with Crippen LogP contribution in [0.25, 0.3) is 0 Å². The standard InChI is InChI=1S/C16H18ClNO/c1-10-4-5-13(15(17)6-10)9-19-16-11(2)7-14(18)8-12(16)3/h4-8H,9,18H2,1-3H3. The van der Waals surface area contributed by atoms with Gasteiger partial charge in [0.15, 0.2) is 0 Å². The fraction of sp³-hybridized carbons (Fsp3) is 0.250. The molecule has 2 N–H and O–H groups in total. The Morgan fingerprint density at radius 2 is 1.68 bits per heavy atom. The predicted molar refractivity (Wildman–Crippen MR) is 80.8 cm³/mol. The van der Waals surface area contributed by atoms with Crippen LogP contribution in [0, 0.1) is 20.8 Å². The summed E-state index contributed by atoms with van der Waals surface area (Å²) in [5, 5.41) is 0.741. The highest BCUT2D eigenvalue weighted by Gasteiger charge is 2.07. The van der Waals surface area contributed by atoms with Crippen LogP contribution < -0.4 is 10.5 Å². The van der Waals surface area contributed by atoms with E-state index in [2.05, 4.69) is 0 Å². The number of nitrogen functional groups attached to an aromatic ring is 1. The van der Waals surface area contributed by atoms with Crippen molar-refractivity contribution in [3.05, 3.63) is 57.6 Å². The minimum Gasteiger partial charge on any atom is -0.488 e. The SMILES string of the molecule is Cc1ccc(COc2c(C)cc(N)cc2C)c(Cl)c1. The summed E-state index contributed by atoms with van der Waals surface area (Å²) in [4.78, 5) is 0. The Balaban J connectivity index is 2.19. The zero-order chi connectivity index (χ0) is 14.0. The molecule has 3 heteroatoms. The van der Waals surface area contributed by atoms with E-state index in [0.29, 0.717) is 6.61 Å². The third-order valence-corrected chi connectivity index (χ3v) is 3.42. The number of ether oxygens (including phenoxy) is 1. The van der Waals surface area contributed by atoms with Crippen LogP contribution in [0.2, 0.25) is 5.02 Å². The van der Waals surface area contributed by atoms with Gasteiger partial charge in [-0.15, -0.1) is 0 Å². The molecule has 0 aliphatic heterocycles. The van der Waals surface area contributed by atoms with Crippen LogP contribution in [0.4, 0.5) is 5.69 Å². The molecule has 0 radical (unpaired) electrons. The van der Waals surface area contributed by atoms with Gasteiger partial charge in [0.25, 0.3) is 0 Å². The van der Waals surface area contributed by atoms with Gasteiger partial charge in [-0.05, 0) is 55.7 Å². The molecule has 100 valence electrons. The van der Waals surface area contributed by atoms with Crippen LogP contribution in [0.15, 0.2) is 30.3 Å². The summed E-state index contributed by atoms with van der Waals surface area (Å²) in [7, 11) is 0. The number of nitrogens with two attached hydrogens (primary N) is 1. The molecule has 2 rings (SSSR count). The van der Waals surface area contributed by atoms with E-state index in [1.807, 2.05) is 51.1 Å². The molecule has 2 nitrogen and oxygen atoms in total. The molecule has 0 spiro atoms. The molecule has 19 heavy (non-hydrogen) atoms. The van der Waals surface area contributed by atoms with E-state index in [-0.39, 0.29) is 0 Å². The van der Waals surface area contributed by atoms with Crippen molar-refractivity contribution in [1.29, 1.82) is 0 Å². The van der Waals surface area contributed by atoms with Gasteiger partial charge in [0.2, 0.25) is 0 Å². The van der Waals surface area contributed by atoms with Gasteiger partial charge in [-0.2, -0.15) is 0 Å². The summed E-state index contributed by atoms with van der Waals surface area (Å²) in [5.74, 6) is 0.880. The highest BCUT2D eigenvalue weighted by Crippen LogP contribution is 2.27. The fourth-order valence-corrected chi connectivity index (χ4v) is 2.42. The van der Waals surface area contributed by atoms with Crippen LogP contribution in [0.1, 0.15) is 22.3 Å². The average Bonchev–Trinajstić information content (AvgIpc) is 2.30. The second-order valence-electron chi connectivity index (χ2n) is 4.87. The van der Waals surface area contributed by atoms with E-state index in [4.69, 9.17) is 22.1 Å². The van der Waals surface area contributed by atoms with Crippen LogP contribution in [0.5, 0.6) is 5.75 Å². The zero-order valence-corrected chi connectivity index (χ0v) is 12.2. The molecule has 0 saturated heterocycles. The van der Waals surface area contributed by atoms with Crippen LogP contribution in [-0.4, -0.2) is 0 Å². The predicted octanol–water partition coefficient (Wildman–Crippen LogP) is 4.43. The van der Waals surface area contributed by atoms with Crippen molar-refractivity contribution in [1.82, 2.24) is 0 Å². The van der Waals surface area contributed by atoms with Gasteiger partial charge >= 0.3 is 0 Å². The molecule has 0 bridgehead atoms. The van der Waals surface area contributed by atoms with Crippen LogP contribution in [-0.2, 0) is 6.61 Å². The number of hydrogen-bond donors (Lipinski definition) is 1. The summed E-state index contributed by atoms with van der Waals surface area (Å²) < 4.78 is 5.89. The maximum atomic E-state index is 6.20.